The van der Waals surface area contributed by atoms with Crippen molar-refractivity contribution in [2.75, 3.05) is 0 Å². The van der Waals surface area contributed by atoms with E-state index in [2.05, 4.69) is 41.5 Å². The van der Waals surface area contributed by atoms with Crippen LogP contribution in [0.5, 0.6) is 0 Å². The molecule has 0 atom stereocenters. The van der Waals surface area contributed by atoms with Crippen molar-refractivity contribution in [3.63, 3.8) is 0 Å². The van der Waals surface area contributed by atoms with E-state index in [4.69, 9.17) is 7.16 Å². The van der Waals surface area contributed by atoms with Gasteiger partial charge in [0.05, 0.1) is 13.7 Å². The molecule has 70 heavy (non-hydrogen) atoms. The Bertz CT molecular complexity index is 4570. The molecule has 1 nitrogen and oxygen atoms in total. The summed E-state index contributed by atoms with van der Waals surface area (Å²) in [7, 11) is 0. The second-order valence-corrected chi connectivity index (χ2v) is 21.6. The molecule has 0 unspecified atom stereocenters. The summed E-state index contributed by atoms with van der Waals surface area (Å²) in [6.07, 6.45) is 0. The van der Waals surface area contributed by atoms with Gasteiger partial charge in [0, 0.05) is 21.8 Å². The highest BCUT2D eigenvalue weighted by atomic mass is 16.3. The highest BCUT2D eigenvalue weighted by molar-refractivity contribution is 6.28. The molecule has 10 aromatic rings. The molecule has 0 amide bonds. The number of rotatable bonds is 3. The summed E-state index contributed by atoms with van der Waals surface area (Å²) in [6, 6.07) is 1.95. The van der Waals surface area contributed by atoms with Gasteiger partial charge >= 0.3 is 0 Å². The van der Waals surface area contributed by atoms with Crippen LogP contribution < -0.4 is 0 Å². The Balaban J connectivity index is 1.37. The molecule has 0 radical (unpaired) electrons. The lowest BCUT2D eigenvalue weighted by Crippen LogP contribution is -2.18. The third-order valence-corrected chi connectivity index (χ3v) is 17.4. The first-order chi connectivity index (χ1) is 37.2. The molecule has 1 aliphatic carbocycles. The second kappa shape index (κ2) is 15.3. The first kappa shape index (κ1) is 35.6. The van der Waals surface area contributed by atoms with Gasteiger partial charge in [-0.3, -0.25) is 0 Å². The van der Waals surface area contributed by atoms with Gasteiger partial charge in [0.1, 0.15) is 11.2 Å². The molecule has 1 heteroatoms. The van der Waals surface area contributed by atoms with Crippen LogP contribution in [0.3, 0.4) is 0 Å². The van der Waals surface area contributed by atoms with Crippen molar-refractivity contribution in [3.05, 3.63) is 172 Å². The van der Waals surface area contributed by atoms with E-state index >= 15 is 0 Å². The Morgan fingerprint density at radius 3 is 1.44 bits per heavy atom. The van der Waals surface area contributed by atoms with E-state index in [0.29, 0.717) is 121 Å². The fraction of sp³-hybridized carbons (Fsp3) is 0.304. The summed E-state index contributed by atoms with van der Waals surface area (Å²) < 4.78 is 106. The lowest BCUT2D eigenvalue weighted by molar-refractivity contribution is 0.655. The van der Waals surface area contributed by atoms with Crippen LogP contribution in [0.2, 0.25) is 0 Å². The van der Waals surface area contributed by atoms with Crippen molar-refractivity contribution in [1.82, 2.24) is 0 Å². The van der Waals surface area contributed by atoms with Crippen LogP contribution >= 0.6 is 0 Å². The number of fused-ring (bicyclic) bond motifs is 9. The molecule has 9 aromatic carbocycles. The van der Waals surface area contributed by atoms with Gasteiger partial charge in [-0.25, -0.2) is 0 Å². The largest absolute Gasteiger partial charge is 0.455 e. The molecule has 1 aromatic heterocycles. The van der Waals surface area contributed by atoms with Crippen LogP contribution in [-0.2, 0) is 5.41 Å². The van der Waals surface area contributed by atoms with Crippen molar-refractivity contribution in [2.45, 2.75) is 144 Å². The standard InChI is InChI=1S/C69H70O/c1-31-23-37(7)58-48(18)67-56(29-49(58)24-31)65-61(42(12)39(9)46(16)68(65)70-67)64-54-27-35(5)33(3)25-52(54)63(53-26-34(4)36(6)28-55(53)64)59-44(14)45(15)62-60-43(13)41(11)51(50-22-21-32(2)38(8)40(50)10)30-57(60)69(19,20)66(62)47(59)17/h21-30H,1-20H3/i21D,22D,23D,24D,25D,26D,27D,28D,29D,30D. The monoisotopic (exact) mass is 925 g/mol. The van der Waals surface area contributed by atoms with Crippen molar-refractivity contribution in [3.8, 4) is 44.5 Å². The zero-order valence-corrected chi connectivity index (χ0v) is 44.9. The zero-order chi connectivity index (χ0) is 58.9. The molecule has 11 rings (SSSR count). The van der Waals surface area contributed by atoms with Crippen LogP contribution in [0.15, 0.2) is 64.8 Å². The molecule has 0 N–H and O–H groups in total. The zero-order valence-electron chi connectivity index (χ0n) is 54.9. The average Bonchev–Trinajstić information content (AvgIpc) is 3.98. The van der Waals surface area contributed by atoms with Gasteiger partial charge in [-0.15, -0.1) is 0 Å². The van der Waals surface area contributed by atoms with Crippen molar-refractivity contribution in [2.24, 2.45) is 0 Å². The van der Waals surface area contributed by atoms with E-state index < -0.39 is 5.41 Å². The number of benzene rings is 9. The van der Waals surface area contributed by atoms with Gasteiger partial charge in [0.2, 0.25) is 0 Å². The van der Waals surface area contributed by atoms with Gasteiger partial charge in [-0.1, -0.05) is 67.8 Å². The molecule has 1 heterocycles. The third-order valence-electron chi connectivity index (χ3n) is 17.4. The predicted octanol–water partition coefficient (Wildman–Crippen LogP) is 19.9. The number of aryl methyl sites for hydroxylation is 3. The summed E-state index contributed by atoms with van der Waals surface area (Å²) in [5, 5.41) is 4.15. The van der Waals surface area contributed by atoms with Gasteiger partial charge < -0.3 is 4.42 Å². The van der Waals surface area contributed by atoms with Crippen molar-refractivity contribution < 1.29 is 18.1 Å². The van der Waals surface area contributed by atoms with E-state index in [-0.39, 0.29) is 54.4 Å². The molecular formula is C69H70O. The quantitative estimate of drug-likeness (QED) is 0.161. The van der Waals surface area contributed by atoms with E-state index in [0.717, 1.165) is 94.6 Å². The van der Waals surface area contributed by atoms with Crippen LogP contribution in [0.4, 0.5) is 0 Å². The van der Waals surface area contributed by atoms with Gasteiger partial charge in [0.25, 0.3) is 0 Å². The normalized spacial score (nSPS) is 15.3. The summed E-state index contributed by atoms with van der Waals surface area (Å²) in [5.41, 5.74) is 22.5. The third kappa shape index (κ3) is 5.96. The minimum Gasteiger partial charge on any atom is -0.455 e. The summed E-state index contributed by atoms with van der Waals surface area (Å²) >= 11 is 0. The highest BCUT2D eigenvalue weighted by Gasteiger charge is 2.42. The molecule has 352 valence electrons. The van der Waals surface area contributed by atoms with E-state index in [1.54, 1.807) is 6.92 Å². The molecule has 0 saturated carbocycles. The van der Waals surface area contributed by atoms with Gasteiger partial charge in [0.15, 0.2) is 0 Å². The van der Waals surface area contributed by atoms with E-state index in [1.165, 1.54) is 0 Å². The van der Waals surface area contributed by atoms with Gasteiger partial charge in [-0.05, 0) is 314 Å². The average molecular weight is 925 g/mol. The maximum Gasteiger partial charge on any atom is 0.139 e. The topological polar surface area (TPSA) is 13.1 Å². The molecule has 1 aliphatic rings. The molecule has 0 spiro atoms. The number of hydrogen-bond donors (Lipinski definition) is 0. The minimum absolute atomic E-state index is 0.102. The van der Waals surface area contributed by atoms with Crippen LogP contribution in [-0.4, -0.2) is 0 Å². The van der Waals surface area contributed by atoms with Crippen molar-refractivity contribution >= 4 is 54.3 Å². The van der Waals surface area contributed by atoms with E-state index in [9.17, 15) is 11.0 Å². The first-order valence-electron chi connectivity index (χ1n) is 29.9. The smallest absolute Gasteiger partial charge is 0.139 e. The number of furan rings is 1. The summed E-state index contributed by atoms with van der Waals surface area (Å²) in [6.45, 7) is 40.0. The molecular weight excluding hydrogens is 845 g/mol. The Morgan fingerprint density at radius 1 is 0.343 bits per heavy atom. The Hall–Kier alpha value is -6.44. The first-order valence-corrected chi connectivity index (χ1v) is 24.9. The summed E-state index contributed by atoms with van der Waals surface area (Å²) in [4.78, 5) is 0. The molecule has 0 saturated heterocycles. The lowest BCUT2D eigenvalue weighted by Gasteiger charge is -2.29. The fourth-order valence-electron chi connectivity index (χ4n) is 12.6. The van der Waals surface area contributed by atoms with Crippen LogP contribution in [0, 0.1) is 125 Å². The highest BCUT2D eigenvalue weighted by Crippen LogP contribution is 2.59. The Kier molecular flexibility index (Phi) is 7.78. The van der Waals surface area contributed by atoms with Crippen LogP contribution in [0.25, 0.3) is 98.8 Å². The van der Waals surface area contributed by atoms with Gasteiger partial charge in [-0.2, -0.15) is 0 Å². The van der Waals surface area contributed by atoms with Crippen molar-refractivity contribution in [1.29, 1.82) is 0 Å². The fourth-order valence-corrected chi connectivity index (χ4v) is 12.6. The maximum atomic E-state index is 10.5. The second-order valence-electron chi connectivity index (χ2n) is 21.6. The maximum absolute atomic E-state index is 10.5. The lowest BCUT2D eigenvalue weighted by atomic mass is 9.74. The Labute approximate surface area is 431 Å². The molecule has 0 bridgehead atoms. The minimum atomic E-state index is -0.774. The Morgan fingerprint density at radius 2 is 0.857 bits per heavy atom. The molecule has 0 aliphatic heterocycles. The predicted molar refractivity (Wildman–Crippen MR) is 305 cm³/mol. The van der Waals surface area contributed by atoms with Crippen LogP contribution in [0.1, 0.15) is 139 Å². The SMILES string of the molecule is [2H]c1c([2H])c(-c2c([2H])c3c(c(C)c2C)-c2c(C)c(C)c(-c4c5c([2H])c(C)c(C)c([2H])c5c(-c5c(C)c(C)c(C)c6oc7c(C)c8c(C)c([2H])c(C)c([2H])c8c([2H])c7c56)c5c([2H])c(C)c(C)c([2H])c45)c(C)c2C3(C)C)c(C)c(C)c1C. The molecule has 0 fully saturated rings. The van der Waals surface area contributed by atoms with E-state index in [1.807, 2.05) is 90.0 Å². The number of hydrogen-bond acceptors (Lipinski definition) is 1. The summed E-state index contributed by atoms with van der Waals surface area (Å²) in [5.74, 6) is 0.